The van der Waals surface area contributed by atoms with Gasteiger partial charge in [-0.1, -0.05) is 0 Å². The molecule has 1 aromatic heterocycles. The van der Waals surface area contributed by atoms with Gasteiger partial charge in [-0.3, -0.25) is 0 Å². The maximum absolute atomic E-state index is 8.66. The van der Waals surface area contributed by atoms with Gasteiger partial charge in [0, 0.05) is 12.4 Å². The quantitative estimate of drug-likeness (QED) is 0.694. The van der Waals surface area contributed by atoms with Crippen LogP contribution in [0.4, 0.5) is 0 Å². The van der Waals surface area contributed by atoms with E-state index in [4.69, 9.17) is 10.5 Å². The first-order valence-corrected chi connectivity index (χ1v) is 3.80. The molecule has 1 atom stereocenters. The van der Waals surface area contributed by atoms with E-state index in [1.807, 2.05) is 6.07 Å². The van der Waals surface area contributed by atoms with E-state index in [2.05, 4.69) is 16.4 Å². The van der Waals surface area contributed by atoms with E-state index in [0.717, 1.165) is 0 Å². The number of hydrogen-bond acceptors (Lipinski definition) is 4. The van der Waals surface area contributed by atoms with Gasteiger partial charge in [-0.25, -0.2) is 4.98 Å². The Labute approximate surface area is 76.2 Å². The van der Waals surface area contributed by atoms with Crippen molar-refractivity contribution < 1.29 is 0 Å². The first kappa shape index (κ1) is 9.24. The molecular weight excluding hydrogens is 166 g/mol. The largest absolute Gasteiger partial charge is 0.320 e. The summed E-state index contributed by atoms with van der Waals surface area (Å²) in [5.41, 5.74) is 0. The third-order valence-corrected chi connectivity index (χ3v) is 1.70. The first-order valence-electron chi connectivity index (χ1n) is 3.80. The van der Waals surface area contributed by atoms with Gasteiger partial charge in [0.15, 0.2) is 0 Å². The van der Waals surface area contributed by atoms with Crippen molar-refractivity contribution in [1.82, 2.24) is 14.9 Å². The van der Waals surface area contributed by atoms with Crippen molar-refractivity contribution in [3.63, 3.8) is 0 Å². The number of aromatic nitrogens is 2. The second-order valence-electron chi connectivity index (χ2n) is 2.49. The third kappa shape index (κ3) is 2.05. The maximum atomic E-state index is 8.66. The molecule has 0 amide bonds. The molecule has 0 saturated heterocycles. The van der Waals surface area contributed by atoms with Crippen molar-refractivity contribution >= 4 is 0 Å². The summed E-state index contributed by atoms with van der Waals surface area (Å²) in [7, 11) is 1.71. The fourth-order valence-corrected chi connectivity index (χ4v) is 0.963. The van der Waals surface area contributed by atoms with Crippen molar-refractivity contribution in [2.45, 2.75) is 12.6 Å². The number of rotatable bonds is 3. The van der Waals surface area contributed by atoms with Crippen LogP contribution >= 0.6 is 0 Å². The molecule has 0 aliphatic heterocycles. The van der Waals surface area contributed by atoms with Gasteiger partial charge >= 0.3 is 0 Å². The van der Waals surface area contributed by atoms with Crippen molar-refractivity contribution in [1.29, 1.82) is 10.5 Å². The fraction of sp³-hybridized carbons (Fsp3) is 0.375. The molecule has 5 heteroatoms. The van der Waals surface area contributed by atoms with Crippen LogP contribution in [0, 0.1) is 22.7 Å². The molecule has 1 heterocycles. The first-order chi connectivity index (χ1) is 6.31. The number of nitriles is 2. The molecule has 5 nitrogen and oxygen atoms in total. The van der Waals surface area contributed by atoms with Crippen LogP contribution in [0.5, 0.6) is 0 Å². The summed E-state index contributed by atoms with van der Waals surface area (Å²) in [6.07, 6.45) is 3.23. The minimum atomic E-state index is -0.290. The minimum Gasteiger partial charge on any atom is -0.320 e. The Morgan fingerprint density at radius 1 is 1.69 bits per heavy atom. The van der Waals surface area contributed by atoms with Crippen LogP contribution in [0.1, 0.15) is 5.82 Å². The topological polar surface area (TPSA) is 77.4 Å². The van der Waals surface area contributed by atoms with Gasteiger partial charge in [0.2, 0.25) is 5.82 Å². The van der Waals surface area contributed by atoms with E-state index in [0.29, 0.717) is 12.4 Å². The lowest BCUT2D eigenvalue weighted by atomic mass is 10.3. The molecule has 1 aromatic rings. The number of nitrogens with one attached hydrogen (secondary N) is 1. The van der Waals surface area contributed by atoms with Crippen molar-refractivity contribution in [2.24, 2.45) is 0 Å². The number of imidazole rings is 1. The van der Waals surface area contributed by atoms with Crippen molar-refractivity contribution in [3.8, 4) is 12.1 Å². The summed E-state index contributed by atoms with van der Waals surface area (Å²) >= 11 is 0. The lowest BCUT2D eigenvalue weighted by molar-refractivity contribution is 0.560. The summed E-state index contributed by atoms with van der Waals surface area (Å²) in [5, 5.41) is 20.1. The lowest BCUT2D eigenvalue weighted by Gasteiger charge is -2.08. The van der Waals surface area contributed by atoms with Gasteiger partial charge in [0.05, 0.1) is 12.6 Å². The molecular formula is C8H9N5. The van der Waals surface area contributed by atoms with Gasteiger partial charge in [0.25, 0.3) is 0 Å². The third-order valence-electron chi connectivity index (χ3n) is 1.70. The molecule has 1 rings (SSSR count). The Balaban J connectivity index is 2.75. The van der Waals surface area contributed by atoms with Crippen molar-refractivity contribution in [2.75, 3.05) is 7.05 Å². The molecule has 0 spiro atoms. The Hall–Kier alpha value is -1.85. The maximum Gasteiger partial charge on any atom is 0.212 e. The lowest BCUT2D eigenvalue weighted by Crippen LogP contribution is -2.28. The summed E-state index contributed by atoms with van der Waals surface area (Å²) in [5.74, 6) is 0.329. The zero-order valence-electron chi connectivity index (χ0n) is 7.23. The zero-order chi connectivity index (χ0) is 9.68. The molecule has 0 aliphatic rings. The van der Waals surface area contributed by atoms with E-state index in [1.54, 1.807) is 24.0 Å². The highest BCUT2D eigenvalue weighted by Gasteiger charge is 2.07. The monoisotopic (exact) mass is 175 g/mol. The Bertz CT molecular complexity index is 353. The fourth-order valence-electron chi connectivity index (χ4n) is 0.963. The summed E-state index contributed by atoms with van der Waals surface area (Å²) in [6.45, 7) is 0.440. The van der Waals surface area contributed by atoms with Crippen LogP contribution in [-0.4, -0.2) is 22.6 Å². The molecule has 66 valence electrons. The molecule has 0 radical (unpaired) electrons. The second-order valence-corrected chi connectivity index (χ2v) is 2.49. The van der Waals surface area contributed by atoms with E-state index >= 15 is 0 Å². The molecule has 1 unspecified atom stereocenters. The molecule has 0 fully saturated rings. The van der Waals surface area contributed by atoms with Crippen LogP contribution in [0.3, 0.4) is 0 Å². The Kier molecular flexibility index (Phi) is 3.02. The van der Waals surface area contributed by atoms with Crippen molar-refractivity contribution in [3.05, 3.63) is 18.2 Å². The standard InChI is InChI=1S/C8H9N5/c1-11-7(4-9)6-13-3-2-12-8(13)5-10/h2-3,7,11H,6H2,1H3. The second kappa shape index (κ2) is 4.24. The SMILES string of the molecule is CNC(C#N)Cn1ccnc1C#N. The predicted molar refractivity (Wildman–Crippen MR) is 45.4 cm³/mol. The average molecular weight is 175 g/mol. The molecule has 0 bridgehead atoms. The number of hydrogen-bond donors (Lipinski definition) is 1. The molecule has 0 saturated carbocycles. The van der Waals surface area contributed by atoms with Gasteiger partial charge in [-0.05, 0) is 7.05 Å². The number of nitrogens with zero attached hydrogens (tertiary/aromatic N) is 4. The van der Waals surface area contributed by atoms with Gasteiger partial charge < -0.3 is 9.88 Å². The van der Waals surface area contributed by atoms with Gasteiger partial charge in [0.1, 0.15) is 12.1 Å². The predicted octanol–water partition coefficient (Wildman–Crippen LogP) is -0.134. The van der Waals surface area contributed by atoms with Gasteiger partial charge in [-0.15, -0.1) is 0 Å². The van der Waals surface area contributed by atoms with Crippen LogP contribution in [-0.2, 0) is 6.54 Å². The highest BCUT2D eigenvalue weighted by atomic mass is 15.1. The Morgan fingerprint density at radius 3 is 3.00 bits per heavy atom. The summed E-state index contributed by atoms with van der Waals surface area (Å²) in [6, 6.07) is 3.73. The smallest absolute Gasteiger partial charge is 0.212 e. The van der Waals surface area contributed by atoms with E-state index < -0.39 is 0 Å². The molecule has 0 aromatic carbocycles. The van der Waals surface area contributed by atoms with Crippen LogP contribution in [0.15, 0.2) is 12.4 Å². The highest BCUT2D eigenvalue weighted by molar-refractivity contribution is 5.12. The van der Waals surface area contributed by atoms with Crippen LogP contribution in [0.2, 0.25) is 0 Å². The molecule has 1 N–H and O–H groups in total. The highest BCUT2D eigenvalue weighted by Crippen LogP contribution is 1.97. The van der Waals surface area contributed by atoms with E-state index in [-0.39, 0.29) is 6.04 Å². The zero-order valence-corrected chi connectivity index (χ0v) is 7.23. The van der Waals surface area contributed by atoms with E-state index in [9.17, 15) is 0 Å². The average Bonchev–Trinajstić information content (AvgIpc) is 2.61. The van der Waals surface area contributed by atoms with E-state index in [1.165, 1.54) is 0 Å². The summed E-state index contributed by atoms with van der Waals surface area (Å²) < 4.78 is 1.64. The molecule has 0 aliphatic carbocycles. The Morgan fingerprint density at radius 2 is 2.46 bits per heavy atom. The minimum absolute atomic E-state index is 0.290. The molecule has 13 heavy (non-hydrogen) atoms. The summed E-state index contributed by atoms with van der Waals surface area (Å²) in [4.78, 5) is 3.82. The van der Waals surface area contributed by atoms with Gasteiger partial charge in [-0.2, -0.15) is 10.5 Å². The normalized spacial score (nSPS) is 11.6. The number of likely N-dealkylation sites (N-methyl/N-ethyl adjacent to an activating group) is 1. The van der Waals surface area contributed by atoms with Crippen LogP contribution in [0.25, 0.3) is 0 Å². The van der Waals surface area contributed by atoms with Crippen LogP contribution < -0.4 is 5.32 Å².